The Morgan fingerprint density at radius 2 is 1.79 bits per heavy atom. The maximum Gasteiger partial charge on any atom is 0.220 e. The number of nitrogens with one attached hydrogen (secondary N) is 1. The first-order valence-electron chi connectivity index (χ1n) is 7.90. The predicted octanol–water partition coefficient (Wildman–Crippen LogP) is 5.44. The highest BCUT2D eigenvalue weighted by molar-refractivity contribution is 9.13. The molecule has 124 valence electrons. The average molecular weight is 449 g/mol. The summed E-state index contributed by atoms with van der Waals surface area (Å²) in [5, 5.41) is 2.95. The molecule has 0 fully saturated rings. The molecule has 1 N–H and O–H groups in total. The Hall–Kier alpha value is -1.57. The van der Waals surface area contributed by atoms with Gasteiger partial charge in [-0.3, -0.25) is 4.79 Å². The van der Waals surface area contributed by atoms with E-state index in [1.165, 1.54) is 0 Å². The van der Waals surface area contributed by atoms with Crippen molar-refractivity contribution in [2.45, 2.75) is 32.2 Å². The molecule has 0 aliphatic heterocycles. The Morgan fingerprint density at radius 1 is 1.00 bits per heavy atom. The lowest BCUT2D eigenvalue weighted by molar-refractivity contribution is -0.121. The molecule has 24 heavy (non-hydrogen) atoms. The van der Waals surface area contributed by atoms with Crippen LogP contribution in [0.25, 0.3) is 0 Å². The molecule has 0 saturated heterocycles. The number of hydrogen-bond acceptors (Lipinski definition) is 1. The van der Waals surface area contributed by atoms with E-state index >= 15 is 0 Å². The first-order chi connectivity index (χ1) is 11.6. The van der Waals surface area contributed by atoms with E-state index in [1.807, 2.05) is 48.5 Å². The van der Waals surface area contributed by atoms with Gasteiger partial charge in [-0.05, 0) is 74.5 Å². The molecule has 2 aromatic carbocycles. The Labute approximate surface area is 160 Å². The lowest BCUT2D eigenvalue weighted by atomic mass is 10.1. The average Bonchev–Trinajstić information content (AvgIpc) is 2.60. The summed E-state index contributed by atoms with van der Waals surface area (Å²) in [7, 11) is 0. The van der Waals surface area contributed by atoms with Crippen molar-refractivity contribution in [2.75, 3.05) is 0 Å². The molecular formula is C20H19Br2NO. The summed E-state index contributed by atoms with van der Waals surface area (Å²) in [6, 6.07) is 15.9. The van der Waals surface area contributed by atoms with Crippen molar-refractivity contribution in [1.82, 2.24) is 5.32 Å². The van der Waals surface area contributed by atoms with Crippen LogP contribution in [0.15, 0.2) is 57.5 Å². The minimum absolute atomic E-state index is 0.0880. The van der Waals surface area contributed by atoms with Gasteiger partial charge in [0.2, 0.25) is 5.91 Å². The molecule has 1 amide bonds. The Bertz CT molecular complexity index is 732. The molecule has 4 heteroatoms. The van der Waals surface area contributed by atoms with Gasteiger partial charge in [-0.2, -0.15) is 0 Å². The van der Waals surface area contributed by atoms with E-state index in [9.17, 15) is 4.79 Å². The smallest absolute Gasteiger partial charge is 0.220 e. The molecule has 0 aliphatic carbocycles. The third-order valence-corrected chi connectivity index (χ3v) is 5.32. The molecule has 2 rings (SSSR count). The largest absolute Gasteiger partial charge is 0.352 e. The normalized spacial score (nSPS) is 9.92. The van der Waals surface area contributed by atoms with Crippen LogP contribution in [-0.4, -0.2) is 5.91 Å². The zero-order chi connectivity index (χ0) is 17.2. The van der Waals surface area contributed by atoms with E-state index in [1.54, 1.807) is 0 Å². The minimum atomic E-state index is 0.0880. The monoisotopic (exact) mass is 447 g/mol. The summed E-state index contributed by atoms with van der Waals surface area (Å²) in [5.41, 5.74) is 2.11. The summed E-state index contributed by atoms with van der Waals surface area (Å²) in [4.78, 5) is 11.9. The van der Waals surface area contributed by atoms with E-state index in [2.05, 4.69) is 49.0 Å². The molecule has 0 bridgehead atoms. The third kappa shape index (κ3) is 6.90. The highest BCUT2D eigenvalue weighted by Gasteiger charge is 2.03. The molecule has 0 radical (unpaired) electrons. The van der Waals surface area contributed by atoms with Gasteiger partial charge in [0, 0.05) is 33.9 Å². The van der Waals surface area contributed by atoms with Crippen molar-refractivity contribution in [2.24, 2.45) is 0 Å². The molecule has 0 saturated carbocycles. The van der Waals surface area contributed by atoms with Crippen LogP contribution in [-0.2, 0) is 11.3 Å². The van der Waals surface area contributed by atoms with Crippen LogP contribution >= 0.6 is 31.9 Å². The fraction of sp³-hybridized carbons (Fsp3) is 0.250. The number of unbranched alkanes of at least 4 members (excludes halogenated alkanes) is 2. The van der Waals surface area contributed by atoms with Gasteiger partial charge in [-0.1, -0.05) is 36.1 Å². The van der Waals surface area contributed by atoms with Gasteiger partial charge in [0.1, 0.15) is 0 Å². The van der Waals surface area contributed by atoms with Crippen LogP contribution in [0.2, 0.25) is 0 Å². The number of halogens is 2. The van der Waals surface area contributed by atoms with Gasteiger partial charge >= 0.3 is 0 Å². The van der Waals surface area contributed by atoms with Gasteiger partial charge in [-0.15, -0.1) is 0 Å². The van der Waals surface area contributed by atoms with E-state index in [-0.39, 0.29) is 5.91 Å². The second-order valence-corrected chi connectivity index (χ2v) is 7.11. The van der Waals surface area contributed by atoms with E-state index in [0.29, 0.717) is 13.0 Å². The zero-order valence-corrected chi connectivity index (χ0v) is 16.5. The predicted molar refractivity (Wildman–Crippen MR) is 105 cm³/mol. The second-order valence-electron chi connectivity index (χ2n) is 5.40. The number of hydrogen-bond donors (Lipinski definition) is 1. The van der Waals surface area contributed by atoms with Crippen LogP contribution in [0.4, 0.5) is 0 Å². The molecule has 0 aromatic heterocycles. The quantitative estimate of drug-likeness (QED) is 0.462. The maximum absolute atomic E-state index is 11.9. The fourth-order valence-electron chi connectivity index (χ4n) is 2.12. The van der Waals surface area contributed by atoms with E-state index < -0.39 is 0 Å². The number of carbonyl (C=O) groups excluding carboxylic acids is 1. The first-order valence-corrected chi connectivity index (χ1v) is 9.48. The third-order valence-electron chi connectivity index (χ3n) is 3.44. The van der Waals surface area contributed by atoms with Gasteiger partial charge in [-0.25, -0.2) is 0 Å². The lowest BCUT2D eigenvalue weighted by Gasteiger charge is -2.06. The summed E-state index contributed by atoms with van der Waals surface area (Å²) in [6.45, 7) is 0.554. The highest BCUT2D eigenvalue weighted by Crippen LogP contribution is 2.23. The molecule has 2 nitrogen and oxygen atoms in total. The number of amides is 1. The Kier molecular flexibility index (Phi) is 8.07. The standard InChI is InChI=1S/C20H19Br2NO/c21-18-13-12-17(14-19(18)22)15-23-20(24)11-7-2-1-4-8-16-9-5-3-6-10-16/h3,5-6,9-10,12-14H,1-2,7,11,15H2,(H,23,24). The summed E-state index contributed by atoms with van der Waals surface area (Å²) >= 11 is 6.90. The SMILES string of the molecule is O=C(CCCCC#Cc1ccccc1)NCc1ccc(Br)c(Br)c1. The number of rotatable bonds is 6. The van der Waals surface area contributed by atoms with Crippen molar-refractivity contribution in [3.05, 3.63) is 68.6 Å². The molecule has 0 atom stereocenters. The zero-order valence-electron chi connectivity index (χ0n) is 13.3. The van der Waals surface area contributed by atoms with Crippen molar-refractivity contribution in [3.8, 4) is 11.8 Å². The van der Waals surface area contributed by atoms with Crippen LogP contribution in [0.1, 0.15) is 36.8 Å². The minimum Gasteiger partial charge on any atom is -0.352 e. The van der Waals surface area contributed by atoms with Gasteiger partial charge in [0.15, 0.2) is 0 Å². The first kappa shape index (κ1) is 18.8. The van der Waals surface area contributed by atoms with Crippen LogP contribution < -0.4 is 5.32 Å². The number of carbonyl (C=O) groups is 1. The Morgan fingerprint density at radius 3 is 2.54 bits per heavy atom. The topological polar surface area (TPSA) is 29.1 Å². The van der Waals surface area contributed by atoms with Crippen molar-refractivity contribution < 1.29 is 4.79 Å². The van der Waals surface area contributed by atoms with Crippen LogP contribution in [0.5, 0.6) is 0 Å². The van der Waals surface area contributed by atoms with Gasteiger partial charge < -0.3 is 5.32 Å². The maximum atomic E-state index is 11.9. The van der Waals surface area contributed by atoms with Crippen molar-refractivity contribution in [1.29, 1.82) is 0 Å². The number of benzene rings is 2. The second kappa shape index (κ2) is 10.3. The molecule has 0 unspecified atom stereocenters. The van der Waals surface area contributed by atoms with E-state index in [4.69, 9.17) is 0 Å². The van der Waals surface area contributed by atoms with Crippen molar-refractivity contribution >= 4 is 37.8 Å². The van der Waals surface area contributed by atoms with Gasteiger partial charge in [0.25, 0.3) is 0 Å². The van der Waals surface area contributed by atoms with Crippen LogP contribution in [0, 0.1) is 11.8 Å². The molecule has 0 heterocycles. The van der Waals surface area contributed by atoms with Crippen LogP contribution in [0.3, 0.4) is 0 Å². The highest BCUT2D eigenvalue weighted by atomic mass is 79.9. The molecular weight excluding hydrogens is 430 g/mol. The summed E-state index contributed by atoms with van der Waals surface area (Å²) in [5.74, 6) is 6.37. The summed E-state index contributed by atoms with van der Waals surface area (Å²) < 4.78 is 2.00. The Balaban J connectivity index is 1.61. The molecule has 2 aromatic rings. The van der Waals surface area contributed by atoms with Crippen molar-refractivity contribution in [3.63, 3.8) is 0 Å². The molecule has 0 aliphatic rings. The fourth-order valence-corrected chi connectivity index (χ4v) is 2.80. The summed E-state index contributed by atoms with van der Waals surface area (Å²) in [6.07, 6.45) is 3.17. The van der Waals surface area contributed by atoms with E-state index in [0.717, 1.165) is 39.3 Å². The van der Waals surface area contributed by atoms with Gasteiger partial charge in [0.05, 0.1) is 0 Å². The lowest BCUT2D eigenvalue weighted by Crippen LogP contribution is -2.22. The molecule has 0 spiro atoms.